The van der Waals surface area contributed by atoms with E-state index in [1.54, 1.807) is 6.07 Å². The summed E-state index contributed by atoms with van der Waals surface area (Å²) in [4.78, 5) is 31.7. The lowest BCUT2D eigenvalue weighted by Gasteiger charge is -2.25. The lowest BCUT2D eigenvalue weighted by molar-refractivity contribution is -0.113. The lowest BCUT2D eigenvalue weighted by Crippen LogP contribution is -2.35. The monoisotopic (exact) mass is 527 g/mol. The van der Waals surface area contributed by atoms with E-state index in [9.17, 15) is 27.7 Å². The maximum Gasteiger partial charge on any atom is 0.270 e. The summed E-state index contributed by atoms with van der Waals surface area (Å²) >= 11 is 0.955. The van der Waals surface area contributed by atoms with Gasteiger partial charge < -0.3 is 10.3 Å². The van der Waals surface area contributed by atoms with Crippen molar-refractivity contribution in [2.75, 3.05) is 24.2 Å². The summed E-state index contributed by atoms with van der Waals surface area (Å²) in [5.74, 6) is -0.974. The van der Waals surface area contributed by atoms with Crippen molar-refractivity contribution < 1.29 is 17.6 Å². The van der Waals surface area contributed by atoms with E-state index in [-0.39, 0.29) is 27.1 Å². The van der Waals surface area contributed by atoms with E-state index in [0.717, 1.165) is 31.0 Å². The van der Waals surface area contributed by atoms with Gasteiger partial charge in [0.05, 0.1) is 16.3 Å². The van der Waals surface area contributed by atoms with E-state index in [1.165, 1.54) is 52.8 Å². The van der Waals surface area contributed by atoms with Gasteiger partial charge in [0, 0.05) is 24.3 Å². The highest BCUT2D eigenvalue weighted by atomic mass is 32.2. The minimum absolute atomic E-state index is 0.0923. The number of H-pyrrole nitrogens is 1. The zero-order chi connectivity index (χ0) is 25.7. The Balaban J connectivity index is 1.42. The maximum absolute atomic E-state index is 13.3. The van der Waals surface area contributed by atoms with Crippen LogP contribution in [0.4, 0.5) is 10.1 Å². The number of aromatic amines is 1. The molecule has 0 aliphatic carbocycles. The average Bonchev–Trinajstić information content (AvgIpc) is 2.88. The van der Waals surface area contributed by atoms with E-state index in [2.05, 4.69) is 15.3 Å². The van der Waals surface area contributed by atoms with Gasteiger partial charge in [-0.1, -0.05) is 18.2 Å². The van der Waals surface area contributed by atoms with Gasteiger partial charge in [-0.05, 0) is 61.4 Å². The van der Waals surface area contributed by atoms with Crippen LogP contribution in [-0.4, -0.2) is 47.4 Å². The third kappa shape index (κ3) is 5.81. The standard InChI is InChI=1S/C24H22FN5O4S2/c25-17-6-4-16(5-7-17)22-20(14-26)23(32)29-24(28-22)35-15-21(31)27-18-8-10-19(11-9-18)36(33,34)30-12-2-1-3-13-30/h4-11H,1-3,12-13,15H2,(H,27,31)(H,28,29,32). The number of carbonyl (C=O) groups is 1. The third-order valence-electron chi connectivity index (χ3n) is 5.56. The van der Waals surface area contributed by atoms with Gasteiger partial charge in [0.15, 0.2) is 5.16 Å². The van der Waals surface area contributed by atoms with Crippen molar-refractivity contribution in [3.8, 4) is 17.3 Å². The fraction of sp³-hybridized carbons (Fsp3) is 0.250. The first kappa shape index (κ1) is 25.6. The molecule has 2 heterocycles. The van der Waals surface area contributed by atoms with E-state index in [1.807, 2.05) is 0 Å². The summed E-state index contributed by atoms with van der Waals surface area (Å²) in [5, 5.41) is 12.1. The fourth-order valence-corrected chi connectivity index (χ4v) is 5.91. The molecule has 3 aromatic rings. The van der Waals surface area contributed by atoms with Gasteiger partial charge >= 0.3 is 0 Å². The molecule has 1 fully saturated rings. The first-order valence-corrected chi connectivity index (χ1v) is 13.5. The molecule has 1 aliphatic heterocycles. The summed E-state index contributed by atoms with van der Waals surface area (Å²) in [6, 6.07) is 13.0. The van der Waals surface area contributed by atoms with Crippen LogP contribution in [-0.2, 0) is 14.8 Å². The van der Waals surface area contributed by atoms with Crippen molar-refractivity contribution in [1.82, 2.24) is 14.3 Å². The predicted octanol–water partition coefficient (Wildman–Crippen LogP) is 3.35. The molecule has 0 saturated carbocycles. The van der Waals surface area contributed by atoms with Crippen LogP contribution in [0.5, 0.6) is 0 Å². The number of amides is 1. The molecule has 12 heteroatoms. The average molecular weight is 528 g/mol. The zero-order valence-electron chi connectivity index (χ0n) is 19.0. The Hall–Kier alpha value is -3.53. The molecule has 9 nitrogen and oxygen atoms in total. The molecule has 2 N–H and O–H groups in total. The number of piperidine rings is 1. The largest absolute Gasteiger partial charge is 0.325 e. The Morgan fingerprint density at radius 2 is 1.78 bits per heavy atom. The number of nitrogens with zero attached hydrogens (tertiary/aromatic N) is 3. The van der Waals surface area contributed by atoms with Crippen LogP contribution in [0.3, 0.4) is 0 Å². The molecule has 1 amide bonds. The van der Waals surface area contributed by atoms with Gasteiger partial charge in [0.2, 0.25) is 15.9 Å². The molecule has 1 saturated heterocycles. The molecule has 2 aromatic carbocycles. The number of sulfonamides is 1. The number of aromatic nitrogens is 2. The van der Waals surface area contributed by atoms with E-state index in [0.29, 0.717) is 24.3 Å². The first-order valence-electron chi connectivity index (χ1n) is 11.1. The van der Waals surface area contributed by atoms with Gasteiger partial charge in [-0.2, -0.15) is 9.57 Å². The van der Waals surface area contributed by atoms with Crippen molar-refractivity contribution in [3.63, 3.8) is 0 Å². The number of hydrogen-bond acceptors (Lipinski definition) is 7. The molecule has 0 radical (unpaired) electrons. The number of thioether (sulfide) groups is 1. The SMILES string of the molecule is N#Cc1c(-c2ccc(F)cc2)nc(SCC(=O)Nc2ccc(S(=O)(=O)N3CCCCC3)cc2)[nH]c1=O. The van der Waals surface area contributed by atoms with Crippen LogP contribution in [0, 0.1) is 17.1 Å². The summed E-state index contributed by atoms with van der Waals surface area (Å²) in [5.41, 5.74) is 0.0290. The third-order valence-corrected chi connectivity index (χ3v) is 8.34. The van der Waals surface area contributed by atoms with Crippen LogP contribution in [0.1, 0.15) is 24.8 Å². The highest BCUT2D eigenvalue weighted by molar-refractivity contribution is 7.99. The molecule has 0 bridgehead atoms. The second-order valence-corrected chi connectivity index (χ2v) is 10.9. The number of hydrogen-bond donors (Lipinski definition) is 2. The Labute approximate surface area is 211 Å². The van der Waals surface area contributed by atoms with Crippen LogP contribution >= 0.6 is 11.8 Å². The molecule has 186 valence electrons. The minimum Gasteiger partial charge on any atom is -0.325 e. The molecule has 0 unspecified atom stereocenters. The molecule has 36 heavy (non-hydrogen) atoms. The fourth-order valence-electron chi connectivity index (χ4n) is 3.74. The van der Waals surface area contributed by atoms with E-state index < -0.39 is 27.3 Å². The van der Waals surface area contributed by atoms with E-state index in [4.69, 9.17) is 0 Å². The summed E-state index contributed by atoms with van der Waals surface area (Å²) < 4.78 is 40.3. The van der Waals surface area contributed by atoms with Crippen LogP contribution in [0.2, 0.25) is 0 Å². The highest BCUT2D eigenvalue weighted by Gasteiger charge is 2.25. The van der Waals surface area contributed by atoms with Crippen LogP contribution < -0.4 is 10.9 Å². The first-order chi connectivity index (χ1) is 17.3. The van der Waals surface area contributed by atoms with Gasteiger partial charge in [-0.15, -0.1) is 0 Å². The Morgan fingerprint density at radius 3 is 2.42 bits per heavy atom. The number of benzene rings is 2. The zero-order valence-corrected chi connectivity index (χ0v) is 20.7. The van der Waals surface area contributed by atoms with Gasteiger partial charge in [-0.25, -0.2) is 17.8 Å². The highest BCUT2D eigenvalue weighted by Crippen LogP contribution is 2.24. The number of rotatable bonds is 7. The molecular formula is C24H22FN5O4S2. The smallest absolute Gasteiger partial charge is 0.270 e. The molecule has 0 atom stereocenters. The number of carbonyl (C=O) groups excluding carboxylic acids is 1. The van der Waals surface area contributed by atoms with Crippen LogP contribution in [0.15, 0.2) is 63.4 Å². The topological polar surface area (TPSA) is 136 Å². The van der Waals surface area contributed by atoms with Crippen LogP contribution in [0.25, 0.3) is 11.3 Å². The molecular weight excluding hydrogens is 505 g/mol. The second-order valence-electron chi connectivity index (χ2n) is 8.04. The number of nitrogens with one attached hydrogen (secondary N) is 2. The Bertz CT molecular complexity index is 1460. The number of nitriles is 1. The number of anilines is 1. The molecule has 1 aliphatic rings. The summed E-state index contributed by atoms with van der Waals surface area (Å²) in [6.45, 7) is 1.01. The maximum atomic E-state index is 13.3. The molecule has 0 spiro atoms. The number of halogens is 1. The minimum atomic E-state index is -3.56. The van der Waals surface area contributed by atoms with Gasteiger partial charge in [0.1, 0.15) is 17.4 Å². The second kappa shape index (κ2) is 11.0. The quantitative estimate of drug-likeness (QED) is 0.355. The van der Waals surface area contributed by atoms with Gasteiger partial charge in [-0.3, -0.25) is 9.59 Å². The predicted molar refractivity (Wildman–Crippen MR) is 133 cm³/mol. The summed E-state index contributed by atoms with van der Waals surface area (Å²) in [7, 11) is -3.56. The van der Waals surface area contributed by atoms with Gasteiger partial charge in [0.25, 0.3) is 5.56 Å². The van der Waals surface area contributed by atoms with Crippen molar-refractivity contribution >= 4 is 33.4 Å². The Kier molecular flexibility index (Phi) is 7.83. The van der Waals surface area contributed by atoms with Crippen molar-refractivity contribution in [1.29, 1.82) is 5.26 Å². The van der Waals surface area contributed by atoms with Crippen molar-refractivity contribution in [2.24, 2.45) is 0 Å². The Morgan fingerprint density at radius 1 is 1.11 bits per heavy atom. The molecule has 1 aromatic heterocycles. The van der Waals surface area contributed by atoms with Crippen molar-refractivity contribution in [2.45, 2.75) is 29.3 Å². The summed E-state index contributed by atoms with van der Waals surface area (Å²) in [6.07, 6.45) is 2.71. The van der Waals surface area contributed by atoms with Crippen molar-refractivity contribution in [3.05, 3.63) is 70.3 Å². The normalized spacial score (nSPS) is 14.2. The lowest BCUT2D eigenvalue weighted by atomic mass is 10.1. The molecule has 4 rings (SSSR count). The van der Waals surface area contributed by atoms with E-state index >= 15 is 0 Å².